The molecule has 3 nitrogen and oxygen atoms in total. The lowest BCUT2D eigenvalue weighted by atomic mass is 10.0. The van der Waals surface area contributed by atoms with E-state index in [1.54, 1.807) is 0 Å². The third kappa shape index (κ3) is 0.944. The van der Waals surface area contributed by atoms with Gasteiger partial charge in [-0.3, -0.25) is 0 Å². The molecule has 0 aromatic rings. The average Bonchev–Trinajstić information content (AvgIpc) is 2.20. The van der Waals surface area contributed by atoms with Gasteiger partial charge in [0.05, 0.1) is 0 Å². The van der Waals surface area contributed by atoms with Crippen molar-refractivity contribution < 1.29 is 10.2 Å². The smallest absolute Gasteiger partial charge is 0.163 e. The van der Waals surface area contributed by atoms with Crippen LogP contribution in [0.1, 0.15) is 12.8 Å². The summed E-state index contributed by atoms with van der Waals surface area (Å²) in [4.78, 5) is 0. The first-order valence-corrected chi connectivity index (χ1v) is 3.83. The normalized spacial score (nSPS) is 43.8. The Labute approximate surface area is 60.1 Å². The number of hydrogen-bond acceptors (Lipinski definition) is 3. The van der Waals surface area contributed by atoms with E-state index >= 15 is 0 Å². The zero-order valence-electron chi connectivity index (χ0n) is 5.88. The molecule has 1 heterocycles. The maximum absolute atomic E-state index is 9.23. The molecule has 2 aliphatic rings. The third-order valence-corrected chi connectivity index (χ3v) is 2.66. The standard InChI is InChI=1S/C7H13NO2/c9-7(10)1-5-3-8-4-6(5)2-7/h5-6,8-10H,1-4H2. The van der Waals surface area contributed by atoms with Gasteiger partial charge in [0.2, 0.25) is 0 Å². The SMILES string of the molecule is OC1(O)CC2CNCC2C1. The van der Waals surface area contributed by atoms with Crippen molar-refractivity contribution >= 4 is 0 Å². The summed E-state index contributed by atoms with van der Waals surface area (Å²) in [6.07, 6.45) is 1.12. The Morgan fingerprint density at radius 1 is 1.10 bits per heavy atom. The van der Waals surface area contributed by atoms with E-state index in [0.29, 0.717) is 24.7 Å². The molecule has 10 heavy (non-hydrogen) atoms. The van der Waals surface area contributed by atoms with E-state index in [4.69, 9.17) is 0 Å². The van der Waals surface area contributed by atoms with Gasteiger partial charge in [-0.15, -0.1) is 0 Å². The molecule has 1 aliphatic carbocycles. The van der Waals surface area contributed by atoms with Gasteiger partial charge in [0.15, 0.2) is 5.79 Å². The molecule has 2 atom stereocenters. The van der Waals surface area contributed by atoms with Gasteiger partial charge < -0.3 is 15.5 Å². The van der Waals surface area contributed by atoms with Crippen LogP contribution in [0.25, 0.3) is 0 Å². The molecule has 1 saturated heterocycles. The minimum atomic E-state index is -1.35. The van der Waals surface area contributed by atoms with E-state index in [1.807, 2.05) is 0 Å². The fourth-order valence-corrected chi connectivity index (χ4v) is 2.19. The summed E-state index contributed by atoms with van der Waals surface area (Å²) in [6.45, 7) is 1.93. The average molecular weight is 143 g/mol. The predicted octanol–water partition coefficient (Wildman–Crippen LogP) is -0.703. The highest BCUT2D eigenvalue weighted by molar-refractivity contribution is 4.93. The molecule has 58 valence electrons. The van der Waals surface area contributed by atoms with Crippen LogP contribution in [0.5, 0.6) is 0 Å². The summed E-state index contributed by atoms with van der Waals surface area (Å²) in [7, 11) is 0. The van der Waals surface area contributed by atoms with Crippen LogP contribution in [0, 0.1) is 11.8 Å². The van der Waals surface area contributed by atoms with Crippen LogP contribution in [0.3, 0.4) is 0 Å². The quantitative estimate of drug-likeness (QED) is 0.393. The largest absolute Gasteiger partial charge is 0.366 e. The van der Waals surface area contributed by atoms with Gasteiger partial charge in [-0.2, -0.15) is 0 Å². The molecule has 3 heteroatoms. The predicted molar refractivity (Wildman–Crippen MR) is 36.3 cm³/mol. The van der Waals surface area contributed by atoms with Crippen molar-refractivity contribution in [1.29, 1.82) is 0 Å². The number of nitrogens with one attached hydrogen (secondary N) is 1. The lowest BCUT2D eigenvalue weighted by molar-refractivity contribution is -0.157. The summed E-state index contributed by atoms with van der Waals surface area (Å²) >= 11 is 0. The van der Waals surface area contributed by atoms with Crippen molar-refractivity contribution in [2.45, 2.75) is 18.6 Å². The van der Waals surface area contributed by atoms with Crippen LogP contribution in [0.15, 0.2) is 0 Å². The maximum atomic E-state index is 9.23. The first-order chi connectivity index (χ1) is 4.67. The Hall–Kier alpha value is -0.120. The zero-order valence-corrected chi connectivity index (χ0v) is 5.88. The Balaban J connectivity index is 2.07. The van der Waals surface area contributed by atoms with E-state index in [0.717, 1.165) is 13.1 Å². The fourth-order valence-electron chi connectivity index (χ4n) is 2.19. The molecule has 1 saturated carbocycles. The molecule has 0 radical (unpaired) electrons. The third-order valence-electron chi connectivity index (χ3n) is 2.66. The summed E-state index contributed by atoms with van der Waals surface area (Å²) in [5.74, 6) is -0.331. The highest BCUT2D eigenvalue weighted by atomic mass is 16.5. The fraction of sp³-hybridized carbons (Fsp3) is 1.00. The monoisotopic (exact) mass is 143 g/mol. The molecule has 2 unspecified atom stereocenters. The van der Waals surface area contributed by atoms with Gasteiger partial charge in [-0.05, 0) is 24.9 Å². The highest BCUT2D eigenvalue weighted by Crippen LogP contribution is 2.39. The Morgan fingerprint density at radius 3 is 2.10 bits per heavy atom. The van der Waals surface area contributed by atoms with E-state index in [-0.39, 0.29) is 0 Å². The second kappa shape index (κ2) is 1.94. The van der Waals surface area contributed by atoms with Crippen molar-refractivity contribution in [2.75, 3.05) is 13.1 Å². The molecule has 2 rings (SSSR count). The second-order valence-electron chi connectivity index (χ2n) is 3.57. The van der Waals surface area contributed by atoms with Gasteiger partial charge in [0, 0.05) is 12.8 Å². The van der Waals surface area contributed by atoms with Crippen LogP contribution in [0.4, 0.5) is 0 Å². The second-order valence-corrected chi connectivity index (χ2v) is 3.57. The molecule has 1 aliphatic heterocycles. The maximum Gasteiger partial charge on any atom is 0.163 e. The van der Waals surface area contributed by atoms with Gasteiger partial charge in [0.25, 0.3) is 0 Å². The lowest BCUT2D eigenvalue weighted by Gasteiger charge is -2.14. The molecule has 0 amide bonds. The Bertz CT molecular complexity index is 133. The van der Waals surface area contributed by atoms with Gasteiger partial charge in [-0.1, -0.05) is 0 Å². The van der Waals surface area contributed by atoms with Crippen molar-refractivity contribution in [3.05, 3.63) is 0 Å². The minimum absolute atomic E-state index is 0.509. The zero-order chi connectivity index (χ0) is 7.19. The Morgan fingerprint density at radius 2 is 1.60 bits per heavy atom. The van der Waals surface area contributed by atoms with Crippen molar-refractivity contribution in [3.8, 4) is 0 Å². The summed E-state index contributed by atoms with van der Waals surface area (Å²) in [5.41, 5.74) is 0. The van der Waals surface area contributed by atoms with Gasteiger partial charge in [0.1, 0.15) is 0 Å². The summed E-state index contributed by atoms with van der Waals surface area (Å²) in [5, 5.41) is 21.7. The van der Waals surface area contributed by atoms with Gasteiger partial charge >= 0.3 is 0 Å². The molecular formula is C7H13NO2. The van der Waals surface area contributed by atoms with E-state index in [9.17, 15) is 10.2 Å². The molecule has 0 aromatic heterocycles. The van der Waals surface area contributed by atoms with Crippen LogP contribution >= 0.6 is 0 Å². The van der Waals surface area contributed by atoms with E-state index in [2.05, 4.69) is 5.32 Å². The van der Waals surface area contributed by atoms with Crippen LogP contribution in [-0.2, 0) is 0 Å². The number of aliphatic hydroxyl groups is 2. The number of rotatable bonds is 0. The summed E-state index contributed by atoms with van der Waals surface area (Å²) < 4.78 is 0. The topological polar surface area (TPSA) is 52.5 Å². The van der Waals surface area contributed by atoms with E-state index in [1.165, 1.54) is 0 Å². The molecular weight excluding hydrogens is 130 g/mol. The van der Waals surface area contributed by atoms with Gasteiger partial charge in [-0.25, -0.2) is 0 Å². The Kier molecular flexibility index (Phi) is 1.27. The number of hydrogen-bond donors (Lipinski definition) is 3. The van der Waals surface area contributed by atoms with Crippen LogP contribution in [-0.4, -0.2) is 29.1 Å². The summed E-state index contributed by atoms with van der Waals surface area (Å²) in [6, 6.07) is 0. The van der Waals surface area contributed by atoms with Crippen LogP contribution in [0.2, 0.25) is 0 Å². The first kappa shape index (κ1) is 6.58. The number of fused-ring (bicyclic) bond motifs is 1. The van der Waals surface area contributed by atoms with E-state index < -0.39 is 5.79 Å². The molecule has 0 bridgehead atoms. The molecule has 2 fully saturated rings. The molecule has 0 aromatic carbocycles. The van der Waals surface area contributed by atoms with Crippen LogP contribution < -0.4 is 5.32 Å². The highest BCUT2D eigenvalue weighted by Gasteiger charge is 2.44. The first-order valence-electron chi connectivity index (χ1n) is 3.83. The van der Waals surface area contributed by atoms with Crippen molar-refractivity contribution in [2.24, 2.45) is 11.8 Å². The molecule has 0 spiro atoms. The minimum Gasteiger partial charge on any atom is -0.366 e. The molecule has 3 N–H and O–H groups in total. The lowest BCUT2D eigenvalue weighted by Crippen LogP contribution is -2.26. The van der Waals surface area contributed by atoms with Crippen molar-refractivity contribution in [3.63, 3.8) is 0 Å². The van der Waals surface area contributed by atoms with Crippen molar-refractivity contribution in [1.82, 2.24) is 5.32 Å².